The second kappa shape index (κ2) is 13.2. The van der Waals surface area contributed by atoms with E-state index in [1.165, 1.54) is 0 Å². The van der Waals surface area contributed by atoms with Crippen molar-refractivity contribution in [3.05, 3.63) is 137 Å². The number of carbonyl (C=O) groups excluding carboxylic acids is 3. The highest BCUT2D eigenvalue weighted by Gasteiger charge is 2.52. The van der Waals surface area contributed by atoms with Gasteiger partial charge in [0.1, 0.15) is 0 Å². The fraction of sp³-hybridized carbons (Fsp3) is 0.237. The van der Waals surface area contributed by atoms with E-state index in [0.717, 1.165) is 16.7 Å². The summed E-state index contributed by atoms with van der Waals surface area (Å²) < 4.78 is 0. The first-order valence-electron chi connectivity index (χ1n) is 15.7. The largest absolute Gasteiger partial charge is 0.399 e. The van der Waals surface area contributed by atoms with Crippen LogP contribution >= 0.6 is 0 Å². The van der Waals surface area contributed by atoms with Crippen molar-refractivity contribution >= 4 is 34.8 Å². The van der Waals surface area contributed by atoms with Crippen LogP contribution in [0.25, 0.3) is 0 Å². The summed E-state index contributed by atoms with van der Waals surface area (Å²) in [4.78, 5) is 43.3. The van der Waals surface area contributed by atoms with Crippen molar-refractivity contribution in [2.75, 3.05) is 22.6 Å². The summed E-state index contributed by atoms with van der Waals surface area (Å²) in [5, 5.41) is 24.9. The summed E-state index contributed by atoms with van der Waals surface area (Å²) in [6.45, 7) is 2.25. The minimum atomic E-state index is -1.84. The number of amides is 3. The van der Waals surface area contributed by atoms with Crippen LogP contribution in [-0.4, -0.2) is 45.5 Å². The Hall–Kier alpha value is -5.25. The van der Waals surface area contributed by atoms with Crippen LogP contribution < -0.4 is 16.0 Å². The molecule has 0 aliphatic carbocycles. The molecule has 0 bridgehead atoms. The van der Waals surface area contributed by atoms with E-state index in [-0.39, 0.29) is 37.4 Å². The monoisotopic (exact) mass is 630 g/mol. The van der Waals surface area contributed by atoms with Gasteiger partial charge in [-0.1, -0.05) is 73.7 Å². The molecular weight excluding hydrogens is 592 g/mol. The summed E-state index contributed by atoms with van der Waals surface area (Å²) >= 11 is 0. The number of aliphatic hydroxyl groups excluding tert-OH is 1. The highest BCUT2D eigenvalue weighted by atomic mass is 16.3. The zero-order valence-electron chi connectivity index (χ0n) is 26.2. The van der Waals surface area contributed by atoms with E-state index in [4.69, 9.17) is 5.73 Å². The van der Waals surface area contributed by atoms with Crippen molar-refractivity contribution in [1.82, 2.24) is 4.90 Å². The predicted molar refractivity (Wildman–Crippen MR) is 181 cm³/mol. The standard InChI is InChI=1S/C38H38N4O5/c1-25(8-6-15-35(44)41-23-29-11-3-2-10-28(29)21-32(41)24-43)38(47)33-13-4-5-14-34(33)42(37(38)46)22-26-9-7-12-31(20-26)40-36(45)27-16-18-30(39)19-17-27/h2-14,16-20,25,32,43,47H,15,21-24,39H2,1H3,(H,40,45)/b8-6+/t25-,32-,38+/m0/s1. The summed E-state index contributed by atoms with van der Waals surface area (Å²) in [5.41, 5.74) is 9.58. The van der Waals surface area contributed by atoms with Crippen molar-refractivity contribution in [1.29, 1.82) is 0 Å². The lowest BCUT2D eigenvalue weighted by atomic mass is 9.83. The number of nitrogen functional groups attached to an aromatic ring is 1. The van der Waals surface area contributed by atoms with E-state index in [0.29, 0.717) is 41.2 Å². The number of rotatable bonds is 9. The molecule has 2 heterocycles. The van der Waals surface area contributed by atoms with Crippen LogP contribution in [0.5, 0.6) is 0 Å². The van der Waals surface area contributed by atoms with Crippen molar-refractivity contribution in [2.24, 2.45) is 5.92 Å². The highest BCUT2D eigenvalue weighted by molar-refractivity contribution is 6.07. The molecular formula is C38H38N4O5. The van der Waals surface area contributed by atoms with Crippen LogP contribution in [0, 0.1) is 5.92 Å². The molecule has 6 rings (SSSR count). The molecule has 0 radical (unpaired) electrons. The molecule has 2 aliphatic rings. The van der Waals surface area contributed by atoms with E-state index in [1.54, 1.807) is 89.5 Å². The number of anilines is 3. The van der Waals surface area contributed by atoms with Crippen molar-refractivity contribution < 1.29 is 24.6 Å². The third-order valence-corrected chi connectivity index (χ3v) is 9.14. The Labute approximate surface area is 273 Å². The minimum Gasteiger partial charge on any atom is -0.399 e. The number of benzene rings is 4. The number of nitrogens with two attached hydrogens (primary N) is 1. The number of para-hydroxylation sites is 1. The van der Waals surface area contributed by atoms with E-state index in [9.17, 15) is 24.6 Å². The van der Waals surface area contributed by atoms with Gasteiger partial charge in [-0.15, -0.1) is 0 Å². The highest BCUT2D eigenvalue weighted by Crippen LogP contribution is 2.45. The lowest BCUT2D eigenvalue weighted by Crippen LogP contribution is -2.46. The van der Waals surface area contributed by atoms with Gasteiger partial charge in [-0.25, -0.2) is 0 Å². The molecule has 240 valence electrons. The van der Waals surface area contributed by atoms with Crippen molar-refractivity contribution in [3.8, 4) is 0 Å². The molecule has 9 heteroatoms. The van der Waals surface area contributed by atoms with Gasteiger partial charge in [0, 0.05) is 41.4 Å². The third kappa shape index (κ3) is 6.27. The Bertz CT molecular complexity index is 1840. The smallest absolute Gasteiger partial charge is 0.264 e. The third-order valence-electron chi connectivity index (χ3n) is 9.14. The maximum atomic E-state index is 14.0. The molecule has 0 fully saturated rings. The topological polar surface area (TPSA) is 136 Å². The van der Waals surface area contributed by atoms with E-state index in [2.05, 4.69) is 5.32 Å². The average Bonchev–Trinajstić information content (AvgIpc) is 3.30. The van der Waals surface area contributed by atoms with Gasteiger partial charge in [0.05, 0.1) is 24.9 Å². The lowest BCUT2D eigenvalue weighted by Gasteiger charge is -2.36. The number of nitrogens with one attached hydrogen (secondary N) is 1. The first-order chi connectivity index (χ1) is 22.7. The molecule has 4 aromatic rings. The summed E-state index contributed by atoms with van der Waals surface area (Å²) in [6.07, 6.45) is 4.09. The van der Waals surface area contributed by atoms with E-state index in [1.807, 2.05) is 36.4 Å². The number of nitrogens with zero attached hydrogens (tertiary/aromatic N) is 2. The minimum absolute atomic E-state index is 0.0769. The second-order valence-electron chi connectivity index (χ2n) is 12.2. The predicted octanol–water partition coefficient (Wildman–Crippen LogP) is 4.78. The van der Waals surface area contributed by atoms with Crippen LogP contribution in [0.15, 0.2) is 109 Å². The Balaban J connectivity index is 1.16. The molecule has 0 saturated heterocycles. The summed E-state index contributed by atoms with van der Waals surface area (Å²) in [7, 11) is 0. The maximum absolute atomic E-state index is 14.0. The fourth-order valence-electron chi connectivity index (χ4n) is 6.50. The van der Waals surface area contributed by atoms with Crippen LogP contribution in [0.4, 0.5) is 17.1 Å². The Kier molecular flexibility index (Phi) is 8.93. The van der Waals surface area contributed by atoms with Crippen LogP contribution in [-0.2, 0) is 34.7 Å². The van der Waals surface area contributed by atoms with Crippen molar-refractivity contribution in [2.45, 2.75) is 44.5 Å². The van der Waals surface area contributed by atoms with Crippen LogP contribution in [0.1, 0.15) is 46.0 Å². The molecule has 9 nitrogen and oxygen atoms in total. The average molecular weight is 631 g/mol. The molecule has 0 spiro atoms. The summed E-state index contributed by atoms with van der Waals surface area (Å²) in [5.74, 6) is -1.52. The van der Waals surface area contributed by atoms with Gasteiger partial charge in [-0.05, 0) is 65.6 Å². The van der Waals surface area contributed by atoms with Crippen LogP contribution in [0.2, 0.25) is 0 Å². The van der Waals surface area contributed by atoms with E-state index < -0.39 is 17.4 Å². The van der Waals surface area contributed by atoms with Gasteiger partial charge in [0.2, 0.25) is 5.91 Å². The number of aliphatic hydroxyl groups is 2. The Morgan fingerprint density at radius 3 is 2.49 bits per heavy atom. The zero-order valence-corrected chi connectivity index (χ0v) is 26.2. The molecule has 0 aromatic heterocycles. The molecule has 0 saturated carbocycles. The molecule has 0 unspecified atom stereocenters. The SMILES string of the molecule is C[C@@H](/C=C/CC(=O)N1Cc2ccccc2C[C@H]1CO)[C@]1(O)C(=O)N(Cc2cccc(NC(=O)c3ccc(N)cc3)c2)c2ccccc21. The van der Waals surface area contributed by atoms with Crippen molar-refractivity contribution in [3.63, 3.8) is 0 Å². The molecule has 3 atom stereocenters. The summed E-state index contributed by atoms with van der Waals surface area (Å²) in [6, 6.07) is 28.7. The zero-order chi connectivity index (χ0) is 33.1. The van der Waals surface area contributed by atoms with Gasteiger partial charge < -0.3 is 31.1 Å². The van der Waals surface area contributed by atoms with Gasteiger partial charge in [-0.3, -0.25) is 14.4 Å². The first-order valence-corrected chi connectivity index (χ1v) is 15.7. The quantitative estimate of drug-likeness (QED) is 0.155. The lowest BCUT2D eigenvalue weighted by molar-refractivity contribution is -0.139. The Morgan fingerprint density at radius 2 is 1.72 bits per heavy atom. The van der Waals surface area contributed by atoms with E-state index >= 15 is 0 Å². The number of hydrogen-bond acceptors (Lipinski definition) is 6. The fourth-order valence-corrected chi connectivity index (χ4v) is 6.50. The first kappa shape index (κ1) is 31.7. The molecule has 5 N–H and O–H groups in total. The normalized spacial score (nSPS) is 19.4. The number of fused-ring (bicyclic) bond motifs is 2. The Morgan fingerprint density at radius 1 is 1.00 bits per heavy atom. The molecule has 2 aliphatic heterocycles. The molecule has 3 amide bonds. The van der Waals surface area contributed by atoms with Crippen LogP contribution in [0.3, 0.4) is 0 Å². The number of hydrogen-bond donors (Lipinski definition) is 4. The van der Waals surface area contributed by atoms with Gasteiger partial charge >= 0.3 is 0 Å². The molecule has 4 aromatic carbocycles. The second-order valence-corrected chi connectivity index (χ2v) is 12.2. The van der Waals surface area contributed by atoms with Gasteiger partial charge in [0.15, 0.2) is 5.60 Å². The number of carbonyl (C=O) groups is 3. The van der Waals surface area contributed by atoms with Gasteiger partial charge in [-0.2, -0.15) is 0 Å². The maximum Gasteiger partial charge on any atom is 0.264 e. The van der Waals surface area contributed by atoms with Gasteiger partial charge in [0.25, 0.3) is 11.8 Å². The molecule has 47 heavy (non-hydrogen) atoms.